The van der Waals surface area contributed by atoms with E-state index in [0.29, 0.717) is 17.5 Å². The van der Waals surface area contributed by atoms with Gasteiger partial charge in [0.25, 0.3) is 5.56 Å². The molecule has 0 atom stereocenters. The minimum Gasteiger partial charge on any atom is -0.468 e. The third kappa shape index (κ3) is 2.46. The summed E-state index contributed by atoms with van der Waals surface area (Å²) in [5.74, 6) is 1.47. The molecule has 102 valence electrons. The Morgan fingerprint density at radius 2 is 2.25 bits per heavy atom. The number of aromatic amines is 1. The van der Waals surface area contributed by atoms with Gasteiger partial charge in [0.05, 0.1) is 6.26 Å². The molecule has 0 aliphatic heterocycles. The van der Waals surface area contributed by atoms with Gasteiger partial charge in [0.2, 0.25) is 5.88 Å². The van der Waals surface area contributed by atoms with Gasteiger partial charge in [0.1, 0.15) is 12.4 Å². The highest BCUT2D eigenvalue weighted by Crippen LogP contribution is 2.10. The Morgan fingerprint density at radius 3 is 2.85 bits per heavy atom. The second kappa shape index (κ2) is 5.04. The number of nitrogens with zero attached hydrogens (tertiary/aromatic N) is 3. The van der Waals surface area contributed by atoms with Crippen LogP contribution in [0.2, 0.25) is 0 Å². The van der Waals surface area contributed by atoms with Crippen LogP contribution < -0.4 is 10.3 Å². The van der Waals surface area contributed by atoms with Crippen LogP contribution in [0.1, 0.15) is 11.5 Å². The highest BCUT2D eigenvalue weighted by atomic mass is 16.5. The molecule has 0 radical (unpaired) electrons. The third-order valence-corrected chi connectivity index (χ3v) is 2.65. The molecule has 0 bridgehead atoms. The summed E-state index contributed by atoms with van der Waals surface area (Å²) in [7, 11) is 0. The fourth-order valence-electron chi connectivity index (χ4n) is 1.73. The Morgan fingerprint density at radius 1 is 1.35 bits per heavy atom. The van der Waals surface area contributed by atoms with Crippen molar-refractivity contribution < 1.29 is 9.15 Å². The van der Waals surface area contributed by atoms with Crippen LogP contribution in [0.25, 0.3) is 5.82 Å². The molecule has 0 saturated heterocycles. The van der Waals surface area contributed by atoms with Crippen molar-refractivity contribution in [3.63, 3.8) is 0 Å². The minimum absolute atomic E-state index is 0.180. The van der Waals surface area contributed by atoms with Crippen molar-refractivity contribution in [2.45, 2.75) is 13.5 Å². The van der Waals surface area contributed by atoms with Crippen molar-refractivity contribution >= 4 is 0 Å². The lowest BCUT2D eigenvalue weighted by Gasteiger charge is -2.03. The van der Waals surface area contributed by atoms with Gasteiger partial charge in [-0.05, 0) is 25.1 Å². The van der Waals surface area contributed by atoms with Gasteiger partial charge in [0, 0.05) is 17.8 Å². The topological polar surface area (TPSA) is 85.9 Å². The van der Waals surface area contributed by atoms with Gasteiger partial charge in [-0.25, -0.2) is 0 Å². The quantitative estimate of drug-likeness (QED) is 0.776. The average molecular weight is 272 g/mol. The van der Waals surface area contributed by atoms with E-state index in [9.17, 15) is 4.79 Å². The summed E-state index contributed by atoms with van der Waals surface area (Å²) >= 11 is 0. The maximum Gasteiger partial charge on any atom is 0.272 e. The number of ether oxygens (including phenoxy) is 1. The number of hydrogen-bond acceptors (Lipinski definition) is 5. The van der Waals surface area contributed by atoms with Crippen molar-refractivity contribution in [3.8, 4) is 11.7 Å². The summed E-state index contributed by atoms with van der Waals surface area (Å²) in [4.78, 5) is 11.6. The molecule has 0 aromatic carbocycles. The molecule has 1 N–H and O–H groups in total. The molecule has 0 aliphatic rings. The van der Waals surface area contributed by atoms with Crippen molar-refractivity contribution in [1.29, 1.82) is 0 Å². The van der Waals surface area contributed by atoms with E-state index in [0.717, 1.165) is 5.69 Å². The van der Waals surface area contributed by atoms with Crippen LogP contribution in [-0.4, -0.2) is 20.0 Å². The zero-order valence-electron chi connectivity index (χ0n) is 10.7. The number of aromatic nitrogens is 4. The van der Waals surface area contributed by atoms with Crippen molar-refractivity contribution in [2.75, 3.05) is 0 Å². The molecule has 3 heterocycles. The van der Waals surface area contributed by atoms with Gasteiger partial charge < -0.3 is 9.15 Å². The number of nitrogens with one attached hydrogen (secondary N) is 1. The van der Waals surface area contributed by atoms with E-state index in [2.05, 4.69) is 15.3 Å². The number of H-pyrrole nitrogens is 1. The van der Waals surface area contributed by atoms with Gasteiger partial charge in [-0.3, -0.25) is 9.89 Å². The fraction of sp³-hybridized carbons (Fsp3) is 0.154. The summed E-state index contributed by atoms with van der Waals surface area (Å²) in [6.45, 7) is 2.08. The molecule has 0 saturated carbocycles. The van der Waals surface area contributed by atoms with Crippen LogP contribution in [0.15, 0.2) is 45.8 Å². The van der Waals surface area contributed by atoms with Gasteiger partial charge in [-0.1, -0.05) is 0 Å². The monoisotopic (exact) mass is 272 g/mol. The molecule has 7 heteroatoms. The first kappa shape index (κ1) is 12.2. The second-order valence-electron chi connectivity index (χ2n) is 4.21. The third-order valence-electron chi connectivity index (χ3n) is 2.65. The van der Waals surface area contributed by atoms with E-state index in [-0.39, 0.29) is 12.2 Å². The summed E-state index contributed by atoms with van der Waals surface area (Å²) in [5, 5.41) is 10.7. The molecule has 0 fully saturated rings. The van der Waals surface area contributed by atoms with Crippen LogP contribution in [-0.2, 0) is 6.61 Å². The lowest BCUT2D eigenvalue weighted by Crippen LogP contribution is -2.15. The summed E-state index contributed by atoms with van der Waals surface area (Å²) in [6.07, 6.45) is 1.58. The van der Waals surface area contributed by atoms with Crippen LogP contribution in [0.4, 0.5) is 0 Å². The molecule has 0 amide bonds. The maximum atomic E-state index is 11.6. The predicted molar refractivity (Wildman–Crippen MR) is 69.8 cm³/mol. The predicted octanol–water partition coefficient (Wildman–Crippen LogP) is 1.44. The molecule has 7 nitrogen and oxygen atoms in total. The molecule has 20 heavy (non-hydrogen) atoms. The smallest absolute Gasteiger partial charge is 0.272 e. The molecule has 0 spiro atoms. The largest absolute Gasteiger partial charge is 0.468 e. The minimum atomic E-state index is -0.180. The fourth-order valence-corrected chi connectivity index (χ4v) is 1.73. The van der Waals surface area contributed by atoms with E-state index < -0.39 is 0 Å². The molecule has 0 aliphatic carbocycles. The highest BCUT2D eigenvalue weighted by molar-refractivity contribution is 5.23. The lowest BCUT2D eigenvalue weighted by atomic mass is 10.5. The van der Waals surface area contributed by atoms with Gasteiger partial charge in [-0.2, -0.15) is 4.68 Å². The molecule has 3 aromatic heterocycles. The van der Waals surface area contributed by atoms with Crippen LogP contribution in [0.3, 0.4) is 0 Å². The number of hydrogen-bond donors (Lipinski definition) is 1. The summed E-state index contributed by atoms with van der Waals surface area (Å²) < 4.78 is 11.9. The zero-order valence-corrected chi connectivity index (χ0v) is 10.7. The Balaban J connectivity index is 1.74. The summed E-state index contributed by atoms with van der Waals surface area (Å²) in [6, 6.07) is 8.38. The van der Waals surface area contributed by atoms with Gasteiger partial charge in [0.15, 0.2) is 5.82 Å². The normalized spacial score (nSPS) is 10.7. The lowest BCUT2D eigenvalue weighted by molar-refractivity contribution is 0.257. The second-order valence-corrected chi connectivity index (χ2v) is 4.21. The first-order chi connectivity index (χ1) is 9.72. The number of rotatable bonds is 4. The Labute approximate surface area is 113 Å². The Bertz CT molecular complexity index is 741. The summed E-state index contributed by atoms with van der Waals surface area (Å²) in [5.41, 5.74) is 0.580. The average Bonchev–Trinajstić information content (AvgIpc) is 3.07. The number of aryl methyl sites for hydroxylation is 1. The molecular weight excluding hydrogens is 260 g/mol. The SMILES string of the molecule is Cc1cc(=O)n(-c2ccc(OCc3ccco3)nn2)[nH]1. The molecule has 3 rings (SSSR count). The van der Waals surface area contributed by atoms with E-state index in [1.54, 1.807) is 31.4 Å². The first-order valence-corrected chi connectivity index (χ1v) is 6.00. The first-order valence-electron chi connectivity index (χ1n) is 6.00. The molecule has 0 unspecified atom stereocenters. The Kier molecular flexibility index (Phi) is 3.08. The molecule has 3 aromatic rings. The van der Waals surface area contributed by atoms with Gasteiger partial charge in [-0.15, -0.1) is 10.2 Å². The maximum absolute atomic E-state index is 11.6. The van der Waals surface area contributed by atoms with Crippen LogP contribution in [0, 0.1) is 6.92 Å². The van der Waals surface area contributed by atoms with Crippen LogP contribution >= 0.6 is 0 Å². The van der Waals surface area contributed by atoms with Crippen molar-refractivity contribution in [2.24, 2.45) is 0 Å². The van der Waals surface area contributed by atoms with E-state index in [1.807, 2.05) is 6.07 Å². The van der Waals surface area contributed by atoms with Crippen LogP contribution in [0.5, 0.6) is 5.88 Å². The van der Waals surface area contributed by atoms with E-state index >= 15 is 0 Å². The van der Waals surface area contributed by atoms with E-state index in [1.165, 1.54) is 10.7 Å². The zero-order chi connectivity index (χ0) is 13.9. The van der Waals surface area contributed by atoms with Crippen molar-refractivity contribution in [3.05, 3.63) is 58.4 Å². The Hall–Kier alpha value is -2.83. The standard InChI is InChI=1S/C13H12N4O3/c1-9-7-13(18)17(16-9)11-4-5-12(15-14-11)20-8-10-3-2-6-19-10/h2-7,16H,8H2,1H3. The van der Waals surface area contributed by atoms with E-state index in [4.69, 9.17) is 9.15 Å². The number of furan rings is 1. The highest BCUT2D eigenvalue weighted by Gasteiger charge is 2.06. The van der Waals surface area contributed by atoms with Gasteiger partial charge >= 0.3 is 0 Å². The molecular formula is C13H12N4O3. The van der Waals surface area contributed by atoms with Crippen molar-refractivity contribution in [1.82, 2.24) is 20.0 Å².